The molecule has 10 nitrogen and oxygen atoms in total. The highest BCUT2D eigenvalue weighted by Gasteiger charge is 2.24. The van der Waals surface area contributed by atoms with Crippen LogP contribution in [-0.4, -0.2) is 48.2 Å². The highest BCUT2D eigenvalue weighted by molar-refractivity contribution is 6.14. The van der Waals surface area contributed by atoms with Gasteiger partial charge in [-0.05, 0) is 112 Å². The molecule has 0 aliphatic rings. The topological polar surface area (TPSA) is 97.1 Å². The SMILES string of the molecule is c1ccc(-c2nc(-c3ccccc3)nc(-n3c4ccc(-c5ccc(-c6cccc(-c7cccc(-c8nc(-n9c%10ccccc%10c%10ccccc%109)nc(-n9c%10ccccc%10c%10ccccc%109)n8)c7)c6)cc5)cc4c4cc(-n5c6ccccc6c6ccccc65)ccc43)n2)cc1. The van der Waals surface area contributed by atoms with Gasteiger partial charge < -0.3 is 4.57 Å². The fourth-order valence-electron chi connectivity index (χ4n) is 14.2. The van der Waals surface area contributed by atoms with Crippen LogP contribution in [0.3, 0.4) is 0 Å². The summed E-state index contributed by atoms with van der Waals surface area (Å²) in [5, 5.41) is 9.14. The van der Waals surface area contributed by atoms with Gasteiger partial charge in [0.1, 0.15) is 0 Å². The number of fused-ring (bicyclic) bond motifs is 12. The van der Waals surface area contributed by atoms with Gasteiger partial charge >= 0.3 is 0 Å². The van der Waals surface area contributed by atoms with E-state index in [0.717, 1.165) is 132 Å². The lowest BCUT2D eigenvalue weighted by Crippen LogP contribution is -2.10. The zero-order valence-electron chi connectivity index (χ0n) is 50.5. The molecular formula is C84H52N10. The van der Waals surface area contributed by atoms with Crippen LogP contribution in [0.2, 0.25) is 0 Å². The van der Waals surface area contributed by atoms with E-state index in [2.05, 4.69) is 297 Å². The monoisotopic (exact) mass is 1200 g/mol. The van der Waals surface area contributed by atoms with E-state index >= 15 is 0 Å². The molecule has 0 saturated carbocycles. The minimum atomic E-state index is 0.543. The zero-order valence-corrected chi connectivity index (χ0v) is 50.5. The minimum absolute atomic E-state index is 0.543. The van der Waals surface area contributed by atoms with Gasteiger partial charge in [0.15, 0.2) is 17.5 Å². The van der Waals surface area contributed by atoms with E-state index in [1.54, 1.807) is 0 Å². The summed E-state index contributed by atoms with van der Waals surface area (Å²) in [6.45, 7) is 0. The van der Waals surface area contributed by atoms with Crippen LogP contribution in [0.15, 0.2) is 315 Å². The molecule has 19 rings (SSSR count). The smallest absolute Gasteiger partial charge is 0.240 e. The molecule has 0 fully saturated rings. The first kappa shape index (κ1) is 53.0. The normalized spacial score (nSPS) is 11.8. The number of benzene rings is 13. The molecule has 0 unspecified atom stereocenters. The van der Waals surface area contributed by atoms with Crippen molar-refractivity contribution in [2.24, 2.45) is 0 Å². The van der Waals surface area contributed by atoms with Gasteiger partial charge in [-0.2, -0.15) is 24.9 Å². The maximum absolute atomic E-state index is 5.38. The zero-order chi connectivity index (χ0) is 61.8. The van der Waals surface area contributed by atoms with Crippen molar-refractivity contribution < 1.29 is 0 Å². The lowest BCUT2D eigenvalue weighted by molar-refractivity contribution is 0.893. The summed E-state index contributed by atoms with van der Waals surface area (Å²) in [5.41, 5.74) is 18.7. The van der Waals surface area contributed by atoms with Crippen LogP contribution in [0, 0.1) is 0 Å². The number of rotatable bonds is 10. The van der Waals surface area contributed by atoms with Crippen molar-refractivity contribution in [1.29, 1.82) is 0 Å². The van der Waals surface area contributed by atoms with Gasteiger partial charge in [0, 0.05) is 65.5 Å². The largest absolute Gasteiger partial charge is 0.309 e. The number of nitrogens with zero attached hydrogens (tertiary/aromatic N) is 10. The summed E-state index contributed by atoms with van der Waals surface area (Å²) in [6, 6.07) is 111. The highest BCUT2D eigenvalue weighted by Crippen LogP contribution is 2.41. The first-order valence-electron chi connectivity index (χ1n) is 31.6. The third-order valence-corrected chi connectivity index (χ3v) is 18.5. The van der Waals surface area contributed by atoms with Crippen LogP contribution < -0.4 is 0 Å². The van der Waals surface area contributed by atoms with Gasteiger partial charge in [0.2, 0.25) is 17.8 Å². The molecule has 6 aromatic heterocycles. The molecule has 0 bridgehead atoms. The first-order valence-corrected chi connectivity index (χ1v) is 31.6. The average Bonchev–Trinajstić information content (AvgIpc) is 1.59. The highest BCUT2D eigenvalue weighted by atomic mass is 15.3. The Hall–Kier alpha value is -12.9. The Morgan fingerprint density at radius 1 is 0.160 bits per heavy atom. The molecule has 0 radical (unpaired) electrons. The fraction of sp³-hybridized carbons (Fsp3) is 0. The summed E-state index contributed by atoms with van der Waals surface area (Å²) in [7, 11) is 0. The molecular weight excluding hydrogens is 1150 g/mol. The number of hydrogen-bond donors (Lipinski definition) is 0. The first-order chi connectivity index (χ1) is 46.6. The molecule has 438 valence electrons. The second kappa shape index (κ2) is 21.4. The molecule has 0 atom stereocenters. The van der Waals surface area contributed by atoms with Crippen molar-refractivity contribution in [1.82, 2.24) is 48.2 Å². The lowest BCUT2D eigenvalue weighted by atomic mass is 9.96. The number of para-hydroxylation sites is 6. The van der Waals surface area contributed by atoms with Crippen LogP contribution in [0.1, 0.15) is 0 Å². The van der Waals surface area contributed by atoms with Crippen molar-refractivity contribution >= 4 is 87.2 Å². The number of aromatic nitrogens is 10. The summed E-state index contributed by atoms with van der Waals surface area (Å²) < 4.78 is 8.94. The van der Waals surface area contributed by atoms with E-state index in [4.69, 9.17) is 29.9 Å². The molecule has 0 N–H and O–H groups in total. The molecule has 94 heavy (non-hydrogen) atoms. The van der Waals surface area contributed by atoms with E-state index in [0.29, 0.717) is 35.3 Å². The molecule has 0 aliphatic carbocycles. The predicted molar refractivity (Wildman–Crippen MR) is 383 cm³/mol. The second-order valence-corrected chi connectivity index (χ2v) is 23.9. The van der Waals surface area contributed by atoms with Gasteiger partial charge in [-0.1, -0.05) is 237 Å². The van der Waals surface area contributed by atoms with Crippen molar-refractivity contribution in [2.75, 3.05) is 0 Å². The van der Waals surface area contributed by atoms with Gasteiger partial charge in [0.05, 0.1) is 44.1 Å². The molecule has 6 heterocycles. The number of hydrogen-bond acceptors (Lipinski definition) is 6. The van der Waals surface area contributed by atoms with Crippen molar-refractivity contribution in [3.05, 3.63) is 315 Å². The Balaban J connectivity index is 0.712. The maximum atomic E-state index is 5.38. The van der Waals surface area contributed by atoms with Gasteiger partial charge in [-0.15, -0.1) is 0 Å². The summed E-state index contributed by atoms with van der Waals surface area (Å²) in [6.07, 6.45) is 0. The third kappa shape index (κ3) is 8.58. The van der Waals surface area contributed by atoms with Gasteiger partial charge in [-0.3, -0.25) is 13.7 Å². The Morgan fingerprint density at radius 2 is 0.447 bits per heavy atom. The van der Waals surface area contributed by atoms with Crippen LogP contribution in [0.4, 0.5) is 0 Å². The Morgan fingerprint density at radius 3 is 0.883 bits per heavy atom. The van der Waals surface area contributed by atoms with E-state index in [1.807, 2.05) is 36.4 Å². The molecule has 19 aromatic rings. The van der Waals surface area contributed by atoms with E-state index < -0.39 is 0 Å². The van der Waals surface area contributed by atoms with Crippen LogP contribution >= 0.6 is 0 Å². The molecule has 13 aromatic carbocycles. The van der Waals surface area contributed by atoms with Crippen molar-refractivity contribution in [2.45, 2.75) is 0 Å². The molecule has 0 amide bonds. The minimum Gasteiger partial charge on any atom is -0.309 e. The second-order valence-electron chi connectivity index (χ2n) is 23.9. The molecule has 0 aliphatic heterocycles. The van der Waals surface area contributed by atoms with Crippen LogP contribution in [-0.2, 0) is 0 Å². The third-order valence-electron chi connectivity index (χ3n) is 18.5. The van der Waals surface area contributed by atoms with Gasteiger partial charge in [-0.25, -0.2) is 4.98 Å². The quantitative estimate of drug-likeness (QED) is 0.135. The maximum Gasteiger partial charge on any atom is 0.240 e. The average molecular weight is 1200 g/mol. The van der Waals surface area contributed by atoms with E-state index in [9.17, 15) is 0 Å². The summed E-state index contributed by atoms with van der Waals surface area (Å²) >= 11 is 0. The lowest BCUT2D eigenvalue weighted by Gasteiger charge is -2.13. The molecule has 0 saturated heterocycles. The Kier molecular flexibility index (Phi) is 12.0. The Bertz CT molecular complexity index is 5890. The fourth-order valence-corrected chi connectivity index (χ4v) is 14.2. The summed E-state index contributed by atoms with van der Waals surface area (Å²) in [5.74, 6) is 3.41. The standard InChI is InChI=1S/C84H52N10/c1-3-21-55(22-4-1)79-85-80(56-23-5-2-6-24-56)87-82(86-79)94-77-47-45-60(51-69(77)70-52-62(46-48-78(70)94)91-71-35-13-7-29-63(71)64-30-8-14-36-72(64)91)54-43-41-53(42-44-54)57-25-19-26-58(49-57)59-27-20-28-61(50-59)81-88-83(92-73-37-15-9-31-65(73)66-32-10-16-38-74(66)92)90-84(89-81)93-75-39-17-11-33-67(75)68-34-12-18-40-76(68)93/h1-52H. The van der Waals surface area contributed by atoms with E-state index in [-0.39, 0.29) is 0 Å². The van der Waals surface area contributed by atoms with Crippen molar-refractivity contribution in [3.63, 3.8) is 0 Å². The summed E-state index contributed by atoms with van der Waals surface area (Å²) in [4.78, 5) is 31.7. The molecule has 10 heteroatoms. The Labute approximate surface area is 538 Å². The molecule has 0 spiro atoms. The van der Waals surface area contributed by atoms with Gasteiger partial charge in [0.25, 0.3) is 0 Å². The van der Waals surface area contributed by atoms with Crippen molar-refractivity contribution in [3.8, 4) is 91.1 Å². The predicted octanol–water partition coefficient (Wildman–Crippen LogP) is 20.4. The van der Waals surface area contributed by atoms with Crippen LogP contribution in [0.5, 0.6) is 0 Å². The van der Waals surface area contributed by atoms with Crippen LogP contribution in [0.25, 0.3) is 178 Å². The van der Waals surface area contributed by atoms with E-state index in [1.165, 1.54) is 10.8 Å².